The first-order valence-corrected chi connectivity index (χ1v) is 8.10. The largest absolute Gasteiger partial charge is 0.0578 e. The number of aryl methyl sites for hydroxylation is 2. The van der Waals surface area contributed by atoms with Crippen LogP contribution in [0.3, 0.4) is 0 Å². The summed E-state index contributed by atoms with van der Waals surface area (Å²) < 4.78 is 0. The Morgan fingerprint density at radius 1 is 0.476 bits per heavy atom. The van der Waals surface area contributed by atoms with E-state index in [2.05, 4.69) is 48.5 Å². The molecule has 0 saturated carbocycles. The van der Waals surface area contributed by atoms with Gasteiger partial charge in [0, 0.05) is 0 Å². The smallest absolute Gasteiger partial charge is 0.00239 e. The zero-order valence-electron chi connectivity index (χ0n) is 12.2. The van der Waals surface area contributed by atoms with Crippen LogP contribution in [0.15, 0.2) is 48.5 Å². The van der Waals surface area contributed by atoms with Gasteiger partial charge in [-0.15, -0.1) is 0 Å². The van der Waals surface area contributed by atoms with Crippen molar-refractivity contribution >= 4 is 32.3 Å². The van der Waals surface area contributed by atoms with Gasteiger partial charge in [0.1, 0.15) is 0 Å². The third-order valence-electron chi connectivity index (χ3n) is 5.24. The minimum atomic E-state index is 1.22. The van der Waals surface area contributed by atoms with E-state index >= 15 is 0 Å². The predicted octanol–water partition coefficient (Wildman–Crippen LogP) is 5.85. The van der Waals surface area contributed by atoms with Crippen molar-refractivity contribution in [2.75, 3.05) is 0 Å². The second kappa shape index (κ2) is 4.21. The Labute approximate surface area is 124 Å². The average Bonchev–Trinajstić information content (AvgIpc) is 2.57. The summed E-state index contributed by atoms with van der Waals surface area (Å²) in [5, 5.41) is 8.72. The topological polar surface area (TPSA) is 0 Å². The van der Waals surface area contributed by atoms with Gasteiger partial charge in [0.15, 0.2) is 0 Å². The molecule has 0 atom stereocenters. The maximum Gasteiger partial charge on any atom is -0.00239 e. The molecule has 0 radical (unpaired) electrons. The van der Waals surface area contributed by atoms with Crippen LogP contribution in [0.1, 0.15) is 30.4 Å². The lowest BCUT2D eigenvalue weighted by Gasteiger charge is -2.15. The highest BCUT2D eigenvalue weighted by atomic mass is 14.2. The van der Waals surface area contributed by atoms with Gasteiger partial charge < -0.3 is 0 Å². The molecule has 1 aliphatic rings. The first-order chi connectivity index (χ1) is 10.4. The standard InChI is InChI=1S/C21H18/c1-2-4-14-6-8-16-11-13-19-15(5-3-1)7-9-17-10-12-18(14)20(16)21(17)19/h6-13H,1-5H2. The molecule has 0 unspecified atom stereocenters. The molecule has 0 saturated heterocycles. The molecule has 0 spiro atoms. The van der Waals surface area contributed by atoms with E-state index in [1.54, 1.807) is 0 Å². The molecular weight excluding hydrogens is 252 g/mol. The van der Waals surface area contributed by atoms with Gasteiger partial charge in [0.05, 0.1) is 0 Å². The molecule has 4 aromatic carbocycles. The molecule has 0 fully saturated rings. The van der Waals surface area contributed by atoms with Gasteiger partial charge in [-0.3, -0.25) is 0 Å². The Hall–Kier alpha value is -2.08. The number of benzene rings is 4. The summed E-state index contributed by atoms with van der Waals surface area (Å²) in [4.78, 5) is 0. The van der Waals surface area contributed by atoms with Crippen LogP contribution in [0.4, 0.5) is 0 Å². The summed E-state index contributed by atoms with van der Waals surface area (Å²) >= 11 is 0. The van der Waals surface area contributed by atoms with E-state index in [1.165, 1.54) is 75.5 Å². The molecule has 0 aliphatic heterocycles. The predicted molar refractivity (Wildman–Crippen MR) is 91.4 cm³/mol. The van der Waals surface area contributed by atoms with E-state index in [4.69, 9.17) is 0 Å². The molecule has 4 aromatic rings. The van der Waals surface area contributed by atoms with E-state index in [1.807, 2.05) is 0 Å². The highest BCUT2D eigenvalue weighted by Crippen LogP contribution is 2.38. The van der Waals surface area contributed by atoms with Crippen LogP contribution < -0.4 is 0 Å². The monoisotopic (exact) mass is 270 g/mol. The first kappa shape index (κ1) is 11.6. The van der Waals surface area contributed by atoms with Crippen LogP contribution in [0.2, 0.25) is 0 Å². The molecule has 0 heteroatoms. The molecule has 0 amide bonds. The summed E-state index contributed by atoms with van der Waals surface area (Å²) in [6.45, 7) is 0. The van der Waals surface area contributed by atoms with Crippen molar-refractivity contribution in [2.45, 2.75) is 32.1 Å². The Kier molecular flexibility index (Phi) is 2.32. The van der Waals surface area contributed by atoms with Crippen molar-refractivity contribution in [3.63, 3.8) is 0 Å². The van der Waals surface area contributed by atoms with Crippen LogP contribution >= 0.6 is 0 Å². The average molecular weight is 270 g/mol. The van der Waals surface area contributed by atoms with Gasteiger partial charge >= 0.3 is 0 Å². The molecule has 5 rings (SSSR count). The Balaban J connectivity index is 2.09. The first-order valence-electron chi connectivity index (χ1n) is 8.10. The van der Waals surface area contributed by atoms with Crippen LogP contribution in [-0.4, -0.2) is 0 Å². The van der Waals surface area contributed by atoms with Gasteiger partial charge in [-0.25, -0.2) is 0 Å². The highest BCUT2D eigenvalue weighted by molar-refractivity contribution is 6.24. The highest BCUT2D eigenvalue weighted by Gasteiger charge is 2.13. The summed E-state index contributed by atoms with van der Waals surface area (Å²) in [5.41, 5.74) is 3.06. The number of hydrogen-bond acceptors (Lipinski definition) is 0. The number of rotatable bonds is 0. The van der Waals surface area contributed by atoms with Crippen LogP contribution in [-0.2, 0) is 12.8 Å². The van der Waals surface area contributed by atoms with E-state index < -0.39 is 0 Å². The molecule has 0 N–H and O–H groups in total. The van der Waals surface area contributed by atoms with Crippen molar-refractivity contribution < 1.29 is 0 Å². The van der Waals surface area contributed by atoms with Crippen molar-refractivity contribution in [1.29, 1.82) is 0 Å². The normalized spacial score (nSPS) is 15.6. The molecule has 0 aromatic heterocycles. The minimum Gasteiger partial charge on any atom is -0.0578 e. The summed E-state index contributed by atoms with van der Waals surface area (Å²) in [6.07, 6.45) is 6.39. The lowest BCUT2D eigenvalue weighted by molar-refractivity contribution is 0.682. The van der Waals surface area contributed by atoms with Crippen LogP contribution in [0, 0.1) is 0 Å². The van der Waals surface area contributed by atoms with E-state index in [0.717, 1.165) is 0 Å². The zero-order chi connectivity index (χ0) is 13.8. The van der Waals surface area contributed by atoms with Gasteiger partial charge in [0.25, 0.3) is 0 Å². The molecule has 102 valence electrons. The maximum atomic E-state index is 2.35. The third kappa shape index (κ3) is 1.56. The molecular formula is C21H18. The second-order valence-electron chi connectivity index (χ2n) is 6.43. The molecule has 0 heterocycles. The van der Waals surface area contributed by atoms with Crippen molar-refractivity contribution in [3.8, 4) is 0 Å². The van der Waals surface area contributed by atoms with Gasteiger partial charge in [-0.1, -0.05) is 55.0 Å². The summed E-state index contributed by atoms with van der Waals surface area (Å²) in [7, 11) is 0. The van der Waals surface area contributed by atoms with Gasteiger partial charge in [-0.2, -0.15) is 0 Å². The number of hydrogen-bond donors (Lipinski definition) is 0. The molecule has 0 nitrogen and oxygen atoms in total. The van der Waals surface area contributed by atoms with Crippen LogP contribution in [0.25, 0.3) is 32.3 Å². The fourth-order valence-corrected chi connectivity index (χ4v) is 4.17. The van der Waals surface area contributed by atoms with Gasteiger partial charge in [0.2, 0.25) is 0 Å². The Morgan fingerprint density at radius 3 is 1.48 bits per heavy atom. The summed E-state index contributed by atoms with van der Waals surface area (Å²) in [6, 6.07) is 18.7. The minimum absolute atomic E-state index is 1.22. The second-order valence-corrected chi connectivity index (χ2v) is 6.43. The van der Waals surface area contributed by atoms with Crippen LogP contribution in [0.5, 0.6) is 0 Å². The SMILES string of the molecule is c1cc2ccc3c4ccc5ccc(c1CCCCC4)c2c53. The molecule has 21 heavy (non-hydrogen) atoms. The Bertz CT molecular complexity index is 882. The fraction of sp³-hybridized carbons (Fsp3) is 0.238. The maximum absolute atomic E-state index is 2.35. The molecule has 1 aliphatic carbocycles. The lowest BCUT2D eigenvalue weighted by atomic mass is 9.89. The Morgan fingerprint density at radius 2 is 0.952 bits per heavy atom. The van der Waals surface area contributed by atoms with E-state index in [9.17, 15) is 0 Å². The molecule has 6 bridgehead atoms. The van der Waals surface area contributed by atoms with Crippen molar-refractivity contribution in [2.24, 2.45) is 0 Å². The van der Waals surface area contributed by atoms with E-state index in [0.29, 0.717) is 0 Å². The quantitative estimate of drug-likeness (QED) is 0.351. The fourth-order valence-electron chi connectivity index (χ4n) is 4.17. The van der Waals surface area contributed by atoms with E-state index in [-0.39, 0.29) is 0 Å². The van der Waals surface area contributed by atoms with Gasteiger partial charge in [-0.05, 0) is 69.1 Å². The zero-order valence-corrected chi connectivity index (χ0v) is 12.2. The van der Waals surface area contributed by atoms with Crippen molar-refractivity contribution in [1.82, 2.24) is 0 Å². The summed E-state index contributed by atoms with van der Waals surface area (Å²) in [5.74, 6) is 0. The van der Waals surface area contributed by atoms with Crippen molar-refractivity contribution in [3.05, 3.63) is 59.7 Å². The lowest BCUT2D eigenvalue weighted by Crippen LogP contribution is -1.91. The third-order valence-corrected chi connectivity index (χ3v) is 5.24.